The predicted octanol–water partition coefficient (Wildman–Crippen LogP) is -0.175. The molecule has 0 aliphatic heterocycles. The van der Waals surface area contributed by atoms with Gasteiger partial charge in [0.05, 0.1) is 6.10 Å². The minimum absolute atomic E-state index is 0.0936. The third-order valence-electron chi connectivity index (χ3n) is 2.07. The van der Waals surface area contributed by atoms with Crippen molar-refractivity contribution in [2.75, 3.05) is 13.2 Å². The second-order valence-corrected chi connectivity index (χ2v) is 2.82. The Balaban J connectivity index is 2.12. The van der Waals surface area contributed by atoms with Crippen LogP contribution >= 0.6 is 0 Å². The minimum Gasteiger partial charge on any atom is -0.480 e. The molecule has 11 heavy (non-hydrogen) atoms. The fourth-order valence-electron chi connectivity index (χ4n) is 1.21. The Labute approximate surface area is 65.3 Å². The molecule has 1 fully saturated rings. The molecule has 2 atom stereocenters. The van der Waals surface area contributed by atoms with Crippen LogP contribution in [0.5, 0.6) is 0 Å². The maximum absolute atomic E-state index is 10.1. The van der Waals surface area contributed by atoms with Crippen LogP contribution in [0, 0.1) is 5.92 Å². The zero-order valence-electron chi connectivity index (χ0n) is 6.32. The first kappa shape index (κ1) is 8.49. The molecule has 64 valence electrons. The second kappa shape index (κ2) is 3.69. The molecule has 1 rings (SSSR count). The van der Waals surface area contributed by atoms with Gasteiger partial charge in [-0.2, -0.15) is 0 Å². The predicted molar refractivity (Wildman–Crippen MR) is 39.2 cm³/mol. The SMILES string of the molecule is NCC1CCC1OCC(=O)O. The number of rotatable bonds is 4. The number of carboxylic acid groups (broad SMARTS) is 1. The normalized spacial score (nSPS) is 29.5. The van der Waals surface area contributed by atoms with Crippen molar-refractivity contribution >= 4 is 5.97 Å². The lowest BCUT2D eigenvalue weighted by molar-refractivity contribution is -0.148. The molecule has 0 aromatic rings. The molecule has 0 aromatic heterocycles. The highest BCUT2D eigenvalue weighted by molar-refractivity contribution is 5.68. The van der Waals surface area contributed by atoms with Crippen LogP contribution in [0.1, 0.15) is 12.8 Å². The molecule has 0 saturated heterocycles. The summed E-state index contributed by atoms with van der Waals surface area (Å²) < 4.78 is 5.06. The van der Waals surface area contributed by atoms with Crippen molar-refractivity contribution in [3.63, 3.8) is 0 Å². The zero-order valence-corrected chi connectivity index (χ0v) is 6.32. The Morgan fingerprint density at radius 2 is 2.36 bits per heavy atom. The molecule has 1 saturated carbocycles. The van der Waals surface area contributed by atoms with Gasteiger partial charge in [0.2, 0.25) is 0 Å². The van der Waals surface area contributed by atoms with Crippen LogP contribution in [0.2, 0.25) is 0 Å². The first-order chi connectivity index (χ1) is 5.24. The maximum atomic E-state index is 10.1. The van der Waals surface area contributed by atoms with E-state index in [1.54, 1.807) is 0 Å². The van der Waals surface area contributed by atoms with Crippen LogP contribution in [-0.2, 0) is 9.53 Å². The Bertz CT molecular complexity index is 147. The van der Waals surface area contributed by atoms with Crippen molar-refractivity contribution in [2.24, 2.45) is 11.7 Å². The lowest BCUT2D eigenvalue weighted by atomic mass is 9.82. The standard InChI is InChI=1S/C7H13NO3/c8-3-5-1-2-6(5)11-4-7(9)10/h5-6H,1-4,8H2,(H,9,10). The van der Waals surface area contributed by atoms with Gasteiger partial charge in [0.1, 0.15) is 6.61 Å². The van der Waals surface area contributed by atoms with Gasteiger partial charge in [0.25, 0.3) is 0 Å². The molecule has 4 nitrogen and oxygen atoms in total. The summed E-state index contributed by atoms with van der Waals surface area (Å²) in [5, 5.41) is 8.28. The van der Waals surface area contributed by atoms with Gasteiger partial charge in [-0.15, -0.1) is 0 Å². The summed E-state index contributed by atoms with van der Waals surface area (Å²) in [7, 11) is 0. The van der Waals surface area contributed by atoms with Crippen molar-refractivity contribution < 1.29 is 14.6 Å². The van der Waals surface area contributed by atoms with Crippen LogP contribution < -0.4 is 5.73 Å². The van der Waals surface area contributed by atoms with Crippen molar-refractivity contribution in [3.8, 4) is 0 Å². The van der Waals surface area contributed by atoms with Crippen LogP contribution in [0.3, 0.4) is 0 Å². The van der Waals surface area contributed by atoms with Crippen LogP contribution in [0.25, 0.3) is 0 Å². The maximum Gasteiger partial charge on any atom is 0.329 e. The van der Waals surface area contributed by atoms with Gasteiger partial charge in [-0.25, -0.2) is 4.79 Å². The van der Waals surface area contributed by atoms with Crippen molar-refractivity contribution in [3.05, 3.63) is 0 Å². The third-order valence-corrected chi connectivity index (χ3v) is 2.07. The Kier molecular flexibility index (Phi) is 2.84. The Hall–Kier alpha value is -0.610. The van der Waals surface area contributed by atoms with E-state index in [-0.39, 0.29) is 12.7 Å². The average Bonchev–Trinajstić information content (AvgIpc) is 1.86. The van der Waals surface area contributed by atoms with Gasteiger partial charge in [0, 0.05) is 0 Å². The second-order valence-electron chi connectivity index (χ2n) is 2.82. The summed E-state index contributed by atoms with van der Waals surface area (Å²) in [6, 6.07) is 0. The average molecular weight is 159 g/mol. The van der Waals surface area contributed by atoms with E-state index in [0.717, 1.165) is 12.8 Å². The summed E-state index contributed by atoms with van der Waals surface area (Å²) in [6.07, 6.45) is 2.12. The number of aliphatic carboxylic acids is 1. The molecular weight excluding hydrogens is 146 g/mol. The third kappa shape index (κ3) is 2.17. The summed E-state index contributed by atoms with van der Waals surface area (Å²) in [6.45, 7) is 0.408. The largest absolute Gasteiger partial charge is 0.480 e. The summed E-state index contributed by atoms with van der Waals surface area (Å²) in [5.74, 6) is -0.526. The molecule has 0 amide bonds. The Morgan fingerprint density at radius 1 is 1.64 bits per heavy atom. The molecule has 4 heteroatoms. The van der Waals surface area contributed by atoms with E-state index in [4.69, 9.17) is 15.6 Å². The van der Waals surface area contributed by atoms with E-state index in [0.29, 0.717) is 12.5 Å². The monoisotopic (exact) mass is 159 g/mol. The quantitative estimate of drug-likeness (QED) is 0.597. The van der Waals surface area contributed by atoms with Crippen molar-refractivity contribution in [2.45, 2.75) is 18.9 Å². The number of hydrogen-bond donors (Lipinski definition) is 2. The van der Waals surface area contributed by atoms with Crippen LogP contribution in [-0.4, -0.2) is 30.3 Å². The lowest BCUT2D eigenvalue weighted by Gasteiger charge is -2.34. The molecule has 1 aliphatic carbocycles. The Morgan fingerprint density at radius 3 is 2.73 bits per heavy atom. The van der Waals surface area contributed by atoms with Gasteiger partial charge in [-0.1, -0.05) is 0 Å². The topological polar surface area (TPSA) is 72.5 Å². The highest BCUT2D eigenvalue weighted by atomic mass is 16.5. The van der Waals surface area contributed by atoms with E-state index >= 15 is 0 Å². The number of ether oxygens (including phenoxy) is 1. The zero-order chi connectivity index (χ0) is 8.27. The fourth-order valence-corrected chi connectivity index (χ4v) is 1.21. The van der Waals surface area contributed by atoms with Crippen LogP contribution in [0.4, 0.5) is 0 Å². The first-order valence-electron chi connectivity index (χ1n) is 3.77. The molecular formula is C7H13NO3. The molecule has 0 radical (unpaired) electrons. The number of hydrogen-bond acceptors (Lipinski definition) is 3. The molecule has 0 spiro atoms. The van der Waals surface area contributed by atoms with Crippen molar-refractivity contribution in [1.82, 2.24) is 0 Å². The van der Waals surface area contributed by atoms with E-state index in [2.05, 4.69) is 0 Å². The minimum atomic E-state index is -0.910. The van der Waals surface area contributed by atoms with Gasteiger partial charge < -0.3 is 15.6 Å². The number of nitrogens with two attached hydrogens (primary N) is 1. The van der Waals surface area contributed by atoms with E-state index in [1.165, 1.54) is 0 Å². The molecule has 2 unspecified atom stereocenters. The van der Waals surface area contributed by atoms with Gasteiger partial charge >= 0.3 is 5.97 Å². The molecule has 0 aromatic carbocycles. The number of carboxylic acids is 1. The summed E-state index contributed by atoms with van der Waals surface area (Å²) >= 11 is 0. The van der Waals surface area contributed by atoms with Gasteiger partial charge in [-0.3, -0.25) is 0 Å². The van der Waals surface area contributed by atoms with Gasteiger partial charge in [0.15, 0.2) is 0 Å². The fraction of sp³-hybridized carbons (Fsp3) is 0.857. The van der Waals surface area contributed by atoms with E-state index in [1.807, 2.05) is 0 Å². The highest BCUT2D eigenvalue weighted by Crippen LogP contribution is 2.28. The lowest BCUT2D eigenvalue weighted by Crippen LogP contribution is -2.39. The molecule has 3 N–H and O–H groups in total. The van der Waals surface area contributed by atoms with E-state index < -0.39 is 5.97 Å². The molecule has 0 heterocycles. The van der Waals surface area contributed by atoms with Gasteiger partial charge in [-0.05, 0) is 25.3 Å². The smallest absolute Gasteiger partial charge is 0.329 e. The number of carbonyl (C=O) groups is 1. The summed E-state index contributed by atoms with van der Waals surface area (Å²) in [5.41, 5.74) is 5.40. The van der Waals surface area contributed by atoms with Crippen molar-refractivity contribution in [1.29, 1.82) is 0 Å². The van der Waals surface area contributed by atoms with Crippen LogP contribution in [0.15, 0.2) is 0 Å². The molecule has 0 bridgehead atoms. The highest BCUT2D eigenvalue weighted by Gasteiger charge is 2.30. The molecule has 1 aliphatic rings. The summed E-state index contributed by atoms with van der Waals surface area (Å²) in [4.78, 5) is 10.1. The van der Waals surface area contributed by atoms with E-state index in [9.17, 15) is 4.79 Å². The first-order valence-corrected chi connectivity index (χ1v) is 3.77.